The lowest BCUT2D eigenvalue weighted by Gasteiger charge is -2.16. The van der Waals surface area contributed by atoms with Crippen LogP contribution in [0.2, 0.25) is 0 Å². The topological polar surface area (TPSA) is 63.6 Å². The van der Waals surface area contributed by atoms with Gasteiger partial charge in [-0.1, -0.05) is 15.9 Å². The molecule has 3 rings (SSSR count). The Morgan fingerprint density at radius 1 is 1.28 bits per heavy atom. The molecule has 2 heterocycles. The number of anilines is 1. The van der Waals surface area contributed by atoms with E-state index in [1.807, 2.05) is 24.3 Å². The highest BCUT2D eigenvalue weighted by atomic mass is 79.9. The second kappa shape index (κ2) is 7.23. The molecule has 0 saturated carbocycles. The molecule has 1 aromatic carbocycles. The third-order valence-electron chi connectivity index (χ3n) is 3.96. The minimum atomic E-state index is -0.212. The molecular formula is C18H19BrN4O2. The number of hydrogen-bond acceptors (Lipinski definition) is 5. The van der Waals surface area contributed by atoms with Gasteiger partial charge in [0.05, 0.1) is 17.1 Å². The monoisotopic (exact) mass is 402 g/mol. The molecule has 0 aliphatic rings. The molecule has 0 radical (unpaired) electrons. The number of hydrogen-bond donors (Lipinski definition) is 0. The number of benzene rings is 1. The van der Waals surface area contributed by atoms with E-state index in [1.54, 1.807) is 13.0 Å². The average Bonchev–Trinajstić information content (AvgIpc) is 3.05. The van der Waals surface area contributed by atoms with Gasteiger partial charge in [-0.15, -0.1) is 0 Å². The van der Waals surface area contributed by atoms with Gasteiger partial charge in [-0.3, -0.25) is 4.79 Å². The summed E-state index contributed by atoms with van der Waals surface area (Å²) in [6.07, 6.45) is 1.53. The van der Waals surface area contributed by atoms with Gasteiger partial charge in [-0.05, 0) is 45.0 Å². The summed E-state index contributed by atoms with van der Waals surface area (Å²) >= 11 is 3.38. The predicted octanol–water partition coefficient (Wildman–Crippen LogP) is 3.79. The molecule has 0 bridgehead atoms. The van der Waals surface area contributed by atoms with Crippen molar-refractivity contribution >= 4 is 38.9 Å². The molecule has 0 fully saturated rings. The Morgan fingerprint density at radius 3 is 2.76 bits per heavy atom. The number of furan rings is 1. The molecule has 25 heavy (non-hydrogen) atoms. The lowest BCUT2D eigenvalue weighted by Crippen LogP contribution is -2.21. The van der Waals surface area contributed by atoms with E-state index in [0.717, 1.165) is 23.4 Å². The van der Waals surface area contributed by atoms with E-state index in [9.17, 15) is 4.79 Å². The SMILES string of the molecule is CCN(CC)c1ccc(C=Nn2c(C)nc3ccc(Br)cc3c2=O)o1. The van der Waals surface area contributed by atoms with Gasteiger partial charge in [0, 0.05) is 23.6 Å². The van der Waals surface area contributed by atoms with Crippen molar-refractivity contribution in [2.75, 3.05) is 18.0 Å². The van der Waals surface area contributed by atoms with E-state index in [1.165, 1.54) is 10.9 Å². The number of rotatable bonds is 5. The Morgan fingerprint density at radius 2 is 2.04 bits per heavy atom. The summed E-state index contributed by atoms with van der Waals surface area (Å²) in [5.74, 6) is 1.89. The van der Waals surface area contributed by atoms with Crippen molar-refractivity contribution in [2.24, 2.45) is 5.10 Å². The van der Waals surface area contributed by atoms with Gasteiger partial charge in [-0.2, -0.15) is 9.78 Å². The number of nitrogens with zero attached hydrogens (tertiary/aromatic N) is 4. The number of halogens is 1. The van der Waals surface area contributed by atoms with Gasteiger partial charge in [0.25, 0.3) is 5.56 Å². The fourth-order valence-electron chi connectivity index (χ4n) is 2.63. The van der Waals surface area contributed by atoms with Crippen LogP contribution in [0.15, 0.2) is 49.1 Å². The largest absolute Gasteiger partial charge is 0.440 e. The molecule has 130 valence electrons. The van der Waals surface area contributed by atoms with Crippen LogP contribution in [-0.4, -0.2) is 29.0 Å². The van der Waals surface area contributed by atoms with Crippen LogP contribution < -0.4 is 10.5 Å². The summed E-state index contributed by atoms with van der Waals surface area (Å²) in [6, 6.07) is 9.16. The smallest absolute Gasteiger partial charge is 0.282 e. The molecule has 0 amide bonds. The van der Waals surface area contributed by atoms with Crippen molar-refractivity contribution in [3.05, 3.63) is 56.7 Å². The summed E-state index contributed by atoms with van der Waals surface area (Å²) in [5, 5.41) is 4.78. The van der Waals surface area contributed by atoms with Gasteiger partial charge in [0.15, 0.2) is 5.88 Å². The summed E-state index contributed by atoms with van der Waals surface area (Å²) in [4.78, 5) is 19.2. The highest BCUT2D eigenvalue weighted by Crippen LogP contribution is 2.18. The molecule has 0 atom stereocenters. The first kappa shape index (κ1) is 17.4. The molecule has 0 saturated heterocycles. The van der Waals surface area contributed by atoms with Crippen LogP contribution in [-0.2, 0) is 0 Å². The molecule has 0 unspecified atom stereocenters. The van der Waals surface area contributed by atoms with Crippen LogP contribution >= 0.6 is 15.9 Å². The summed E-state index contributed by atoms with van der Waals surface area (Å²) < 4.78 is 7.88. The summed E-state index contributed by atoms with van der Waals surface area (Å²) in [5.41, 5.74) is 0.439. The first-order chi connectivity index (χ1) is 12.0. The minimum Gasteiger partial charge on any atom is -0.440 e. The quantitative estimate of drug-likeness (QED) is 0.609. The van der Waals surface area contributed by atoms with Crippen LogP contribution in [0.25, 0.3) is 10.9 Å². The molecule has 0 spiro atoms. The maximum Gasteiger partial charge on any atom is 0.282 e. The molecular weight excluding hydrogens is 384 g/mol. The highest BCUT2D eigenvalue weighted by molar-refractivity contribution is 9.10. The fourth-order valence-corrected chi connectivity index (χ4v) is 2.99. The number of fused-ring (bicyclic) bond motifs is 1. The third kappa shape index (κ3) is 3.51. The van der Waals surface area contributed by atoms with E-state index in [0.29, 0.717) is 22.5 Å². The maximum atomic E-state index is 12.7. The second-order valence-electron chi connectivity index (χ2n) is 5.53. The van der Waals surface area contributed by atoms with E-state index >= 15 is 0 Å². The van der Waals surface area contributed by atoms with Crippen LogP contribution in [0.3, 0.4) is 0 Å². The van der Waals surface area contributed by atoms with Crippen molar-refractivity contribution in [1.82, 2.24) is 9.66 Å². The van der Waals surface area contributed by atoms with Gasteiger partial charge in [0.1, 0.15) is 11.6 Å². The van der Waals surface area contributed by atoms with Gasteiger partial charge < -0.3 is 9.32 Å². The minimum absolute atomic E-state index is 0.212. The van der Waals surface area contributed by atoms with E-state index in [-0.39, 0.29) is 5.56 Å². The molecule has 6 nitrogen and oxygen atoms in total. The molecule has 7 heteroatoms. The van der Waals surface area contributed by atoms with Crippen LogP contribution in [0.5, 0.6) is 0 Å². The molecule has 2 aromatic heterocycles. The Kier molecular flexibility index (Phi) is 5.03. The average molecular weight is 403 g/mol. The van der Waals surface area contributed by atoms with E-state index < -0.39 is 0 Å². The van der Waals surface area contributed by atoms with Crippen molar-refractivity contribution in [3.63, 3.8) is 0 Å². The standard InChI is InChI=1S/C18H19BrN4O2/c1-4-22(5-2)17-9-7-14(25-17)11-20-23-12(3)21-16-8-6-13(19)10-15(16)18(23)24/h6-11H,4-5H2,1-3H3. The van der Waals surface area contributed by atoms with Crippen LogP contribution in [0.4, 0.5) is 5.88 Å². The zero-order chi connectivity index (χ0) is 18.0. The lowest BCUT2D eigenvalue weighted by atomic mass is 10.2. The van der Waals surface area contributed by atoms with Gasteiger partial charge in [0.2, 0.25) is 0 Å². The number of aromatic nitrogens is 2. The lowest BCUT2D eigenvalue weighted by molar-refractivity contribution is 0.543. The summed E-state index contributed by atoms with van der Waals surface area (Å²) in [7, 11) is 0. The van der Waals surface area contributed by atoms with Gasteiger partial charge >= 0.3 is 0 Å². The first-order valence-electron chi connectivity index (χ1n) is 8.11. The maximum absolute atomic E-state index is 12.7. The Balaban J connectivity index is 1.98. The van der Waals surface area contributed by atoms with Crippen molar-refractivity contribution < 1.29 is 4.42 Å². The summed E-state index contributed by atoms with van der Waals surface area (Å²) in [6.45, 7) is 7.62. The second-order valence-corrected chi connectivity index (χ2v) is 6.45. The Labute approximate surface area is 153 Å². The zero-order valence-corrected chi connectivity index (χ0v) is 15.9. The highest BCUT2D eigenvalue weighted by Gasteiger charge is 2.09. The normalized spacial score (nSPS) is 11.5. The fraction of sp³-hybridized carbons (Fsp3) is 0.278. The van der Waals surface area contributed by atoms with Gasteiger partial charge in [-0.25, -0.2) is 4.98 Å². The Hall–Kier alpha value is -2.41. The third-order valence-corrected chi connectivity index (χ3v) is 4.45. The molecule has 3 aromatic rings. The van der Waals surface area contributed by atoms with Crippen molar-refractivity contribution in [3.8, 4) is 0 Å². The number of aryl methyl sites for hydroxylation is 1. The first-order valence-corrected chi connectivity index (χ1v) is 8.90. The van der Waals surface area contributed by atoms with Crippen molar-refractivity contribution in [2.45, 2.75) is 20.8 Å². The van der Waals surface area contributed by atoms with Crippen molar-refractivity contribution in [1.29, 1.82) is 0 Å². The zero-order valence-electron chi connectivity index (χ0n) is 14.4. The van der Waals surface area contributed by atoms with E-state index in [2.05, 4.69) is 44.8 Å². The Bertz CT molecular complexity index is 986. The van der Waals surface area contributed by atoms with Crippen LogP contribution in [0, 0.1) is 6.92 Å². The van der Waals surface area contributed by atoms with Crippen LogP contribution in [0.1, 0.15) is 25.4 Å². The molecule has 0 N–H and O–H groups in total. The predicted molar refractivity (Wildman–Crippen MR) is 104 cm³/mol. The molecule has 0 aliphatic carbocycles. The van der Waals surface area contributed by atoms with E-state index in [4.69, 9.17) is 4.42 Å². The molecule has 0 aliphatic heterocycles.